The number of fused-ring (bicyclic) bond motifs is 2. The first kappa shape index (κ1) is 12.6. The number of nitrogens with zero attached hydrogens (tertiary/aromatic N) is 2. The second-order valence-electron chi connectivity index (χ2n) is 3.97. The molecule has 0 radical (unpaired) electrons. The summed E-state index contributed by atoms with van der Waals surface area (Å²) in [4.78, 5) is 17.1. The molecule has 19 heavy (non-hydrogen) atoms. The number of aromatic nitrogens is 1. The van der Waals surface area contributed by atoms with Gasteiger partial charge in [-0.15, -0.1) is 0 Å². The van der Waals surface area contributed by atoms with E-state index in [2.05, 4.69) is 36.8 Å². The molecule has 1 aliphatic rings. The molecule has 0 saturated heterocycles. The molecular weight excluding hydrogens is 376 g/mol. The van der Waals surface area contributed by atoms with Gasteiger partial charge in [0.1, 0.15) is 6.29 Å². The van der Waals surface area contributed by atoms with Crippen molar-refractivity contribution in [3.8, 4) is 11.5 Å². The van der Waals surface area contributed by atoms with Crippen LogP contribution in [0.2, 0.25) is 0 Å². The third kappa shape index (κ3) is 2.26. The normalized spacial score (nSPS) is 12.4. The Morgan fingerprint density at radius 2 is 2.00 bits per heavy atom. The Morgan fingerprint density at radius 3 is 2.79 bits per heavy atom. The zero-order valence-electron chi connectivity index (χ0n) is 9.64. The van der Waals surface area contributed by atoms with Gasteiger partial charge >= 0.3 is 0 Å². The molecule has 0 amide bonds. The molecule has 0 fully saturated rings. The molecule has 2 heterocycles. The molecule has 0 N–H and O–H groups in total. The lowest BCUT2D eigenvalue weighted by molar-refractivity contribution is -0.106. The maximum absolute atomic E-state index is 10.9. The highest BCUT2D eigenvalue weighted by Crippen LogP contribution is 2.46. The minimum absolute atomic E-state index is 0.236. The highest BCUT2D eigenvalue weighted by Gasteiger charge is 2.25. The summed E-state index contributed by atoms with van der Waals surface area (Å²) >= 11 is 6.77. The summed E-state index contributed by atoms with van der Waals surface area (Å²) in [5.41, 5.74) is 0.831. The fraction of sp³-hybridized carbons (Fsp3) is 0.0769. The standard InChI is InChI=1S/C13H8Br2N2O2/c14-8-1-2-10-11(5-8)19-12-6-9(15)7-16-13(12)17(10)3-4-18/h1-2,4-7H,3H2. The molecule has 0 aliphatic carbocycles. The second-order valence-corrected chi connectivity index (χ2v) is 5.80. The fourth-order valence-corrected chi connectivity index (χ4v) is 2.63. The number of carbonyl (C=O) groups is 1. The van der Waals surface area contributed by atoms with E-state index in [0.29, 0.717) is 17.3 Å². The van der Waals surface area contributed by atoms with Gasteiger partial charge in [0, 0.05) is 21.2 Å². The molecule has 3 rings (SSSR count). The molecule has 4 nitrogen and oxygen atoms in total. The summed E-state index contributed by atoms with van der Waals surface area (Å²) in [7, 11) is 0. The van der Waals surface area contributed by atoms with Crippen LogP contribution in [0, 0.1) is 0 Å². The number of rotatable bonds is 2. The maximum Gasteiger partial charge on any atom is 0.177 e. The van der Waals surface area contributed by atoms with Gasteiger partial charge in [0.15, 0.2) is 17.3 Å². The Labute approximate surface area is 126 Å². The van der Waals surface area contributed by atoms with Crippen LogP contribution < -0.4 is 9.64 Å². The van der Waals surface area contributed by atoms with Crippen LogP contribution in [0.4, 0.5) is 11.5 Å². The highest BCUT2D eigenvalue weighted by atomic mass is 79.9. The third-order valence-corrected chi connectivity index (χ3v) is 3.67. The van der Waals surface area contributed by atoms with E-state index in [4.69, 9.17) is 4.74 Å². The smallest absolute Gasteiger partial charge is 0.177 e. The van der Waals surface area contributed by atoms with Crippen molar-refractivity contribution in [2.75, 3.05) is 11.4 Å². The first-order valence-corrected chi connectivity index (χ1v) is 7.12. The van der Waals surface area contributed by atoms with Gasteiger partial charge < -0.3 is 14.4 Å². The summed E-state index contributed by atoms with van der Waals surface area (Å²) in [6.45, 7) is 0.236. The Hall–Kier alpha value is -1.40. The van der Waals surface area contributed by atoms with Crippen LogP contribution in [0.3, 0.4) is 0 Å². The Kier molecular flexibility index (Phi) is 3.28. The number of halogens is 2. The topological polar surface area (TPSA) is 42.4 Å². The molecule has 96 valence electrons. The van der Waals surface area contributed by atoms with Crippen LogP contribution in [0.25, 0.3) is 0 Å². The maximum atomic E-state index is 10.9. The molecule has 1 aromatic carbocycles. The monoisotopic (exact) mass is 382 g/mol. The number of benzene rings is 1. The van der Waals surface area contributed by atoms with Crippen molar-refractivity contribution in [2.24, 2.45) is 0 Å². The lowest BCUT2D eigenvalue weighted by Crippen LogP contribution is -2.24. The number of aldehydes is 1. The first-order chi connectivity index (χ1) is 9.19. The van der Waals surface area contributed by atoms with Gasteiger partial charge in [-0.05, 0) is 34.1 Å². The van der Waals surface area contributed by atoms with E-state index >= 15 is 0 Å². The van der Waals surface area contributed by atoms with Gasteiger partial charge in [0.05, 0.1) is 12.2 Å². The number of hydrogen-bond donors (Lipinski definition) is 0. The average Bonchev–Trinajstić information content (AvgIpc) is 2.37. The molecule has 1 aliphatic heterocycles. The van der Waals surface area contributed by atoms with Gasteiger partial charge in [0.2, 0.25) is 0 Å². The predicted molar refractivity (Wildman–Crippen MR) is 79.2 cm³/mol. The van der Waals surface area contributed by atoms with Crippen LogP contribution in [0.5, 0.6) is 11.5 Å². The van der Waals surface area contributed by atoms with E-state index in [0.717, 1.165) is 20.9 Å². The number of hydrogen-bond acceptors (Lipinski definition) is 4. The van der Waals surface area contributed by atoms with Gasteiger partial charge in [-0.1, -0.05) is 15.9 Å². The Balaban J connectivity index is 2.17. The summed E-state index contributed by atoms with van der Waals surface area (Å²) < 4.78 is 7.59. The zero-order valence-corrected chi connectivity index (χ0v) is 12.8. The molecule has 6 heteroatoms. The number of pyridine rings is 1. The number of carbonyl (C=O) groups excluding carboxylic acids is 1. The van der Waals surface area contributed by atoms with Crippen molar-refractivity contribution in [1.29, 1.82) is 0 Å². The molecular formula is C13H8Br2N2O2. The van der Waals surface area contributed by atoms with Crippen molar-refractivity contribution >= 4 is 49.7 Å². The Bertz CT molecular complexity index is 610. The van der Waals surface area contributed by atoms with E-state index in [1.165, 1.54) is 0 Å². The van der Waals surface area contributed by atoms with Crippen LogP contribution in [-0.4, -0.2) is 17.8 Å². The van der Waals surface area contributed by atoms with Crippen molar-refractivity contribution in [3.63, 3.8) is 0 Å². The molecule has 2 aromatic rings. The number of anilines is 2. The van der Waals surface area contributed by atoms with E-state index < -0.39 is 0 Å². The van der Waals surface area contributed by atoms with E-state index in [-0.39, 0.29) is 6.54 Å². The van der Waals surface area contributed by atoms with Crippen LogP contribution in [0.15, 0.2) is 39.4 Å². The lowest BCUT2D eigenvalue weighted by atomic mass is 10.2. The predicted octanol–water partition coefficient (Wildman–Crippen LogP) is 4.05. The van der Waals surface area contributed by atoms with Crippen LogP contribution in [-0.2, 0) is 4.79 Å². The van der Waals surface area contributed by atoms with E-state index in [1.807, 2.05) is 29.2 Å². The molecule has 1 aromatic heterocycles. The lowest BCUT2D eigenvalue weighted by Gasteiger charge is -2.30. The van der Waals surface area contributed by atoms with E-state index in [1.54, 1.807) is 6.20 Å². The SMILES string of the molecule is O=CCN1c2ccc(Br)cc2Oc2cc(Br)cnc21. The average molecular weight is 384 g/mol. The first-order valence-electron chi connectivity index (χ1n) is 5.53. The minimum Gasteiger partial charge on any atom is -0.451 e. The summed E-state index contributed by atoms with van der Waals surface area (Å²) in [5, 5.41) is 0. The highest BCUT2D eigenvalue weighted by molar-refractivity contribution is 9.10. The van der Waals surface area contributed by atoms with Crippen LogP contribution >= 0.6 is 31.9 Å². The van der Waals surface area contributed by atoms with Crippen molar-refractivity contribution < 1.29 is 9.53 Å². The molecule has 0 bridgehead atoms. The molecule has 0 spiro atoms. The third-order valence-electron chi connectivity index (χ3n) is 2.74. The second kappa shape index (κ2) is 4.94. The number of ether oxygens (including phenoxy) is 1. The minimum atomic E-state index is 0.236. The van der Waals surface area contributed by atoms with Gasteiger partial charge in [-0.25, -0.2) is 4.98 Å². The fourth-order valence-electron chi connectivity index (χ4n) is 1.98. The molecule has 0 saturated carbocycles. The largest absolute Gasteiger partial charge is 0.451 e. The van der Waals surface area contributed by atoms with Crippen molar-refractivity contribution in [3.05, 3.63) is 39.4 Å². The summed E-state index contributed by atoms with van der Waals surface area (Å²) in [5.74, 6) is 1.97. The van der Waals surface area contributed by atoms with Crippen molar-refractivity contribution in [1.82, 2.24) is 4.98 Å². The van der Waals surface area contributed by atoms with Crippen molar-refractivity contribution in [2.45, 2.75) is 0 Å². The molecule has 0 unspecified atom stereocenters. The van der Waals surface area contributed by atoms with Gasteiger partial charge in [-0.3, -0.25) is 0 Å². The van der Waals surface area contributed by atoms with Crippen LogP contribution in [0.1, 0.15) is 0 Å². The summed E-state index contributed by atoms with van der Waals surface area (Å²) in [6, 6.07) is 7.51. The van der Waals surface area contributed by atoms with Gasteiger partial charge in [0.25, 0.3) is 0 Å². The zero-order chi connectivity index (χ0) is 13.4. The van der Waals surface area contributed by atoms with Gasteiger partial charge in [-0.2, -0.15) is 0 Å². The van der Waals surface area contributed by atoms with E-state index in [9.17, 15) is 4.79 Å². The quantitative estimate of drug-likeness (QED) is 0.733. The summed E-state index contributed by atoms with van der Waals surface area (Å²) in [6.07, 6.45) is 2.54. The molecule has 0 atom stereocenters. The Morgan fingerprint density at radius 1 is 1.21 bits per heavy atom.